The van der Waals surface area contributed by atoms with Gasteiger partial charge < -0.3 is 10.2 Å². The van der Waals surface area contributed by atoms with Crippen molar-refractivity contribution in [2.45, 2.75) is 17.5 Å². The summed E-state index contributed by atoms with van der Waals surface area (Å²) in [6.45, 7) is 1.35. The molecule has 1 unspecified atom stereocenters. The van der Waals surface area contributed by atoms with Crippen molar-refractivity contribution in [3.63, 3.8) is 0 Å². The van der Waals surface area contributed by atoms with Crippen molar-refractivity contribution in [2.24, 2.45) is 0 Å². The molecular formula is C18H19N5O2S. The molecule has 134 valence electrons. The van der Waals surface area contributed by atoms with Gasteiger partial charge in [-0.1, -0.05) is 17.8 Å². The van der Waals surface area contributed by atoms with Crippen molar-refractivity contribution in [1.29, 1.82) is 0 Å². The van der Waals surface area contributed by atoms with Crippen LogP contribution in [0.5, 0.6) is 0 Å². The van der Waals surface area contributed by atoms with Gasteiger partial charge >= 0.3 is 6.03 Å². The highest BCUT2D eigenvalue weighted by molar-refractivity contribution is 7.98. The van der Waals surface area contributed by atoms with Gasteiger partial charge in [0.2, 0.25) is 5.91 Å². The second-order valence-corrected chi connectivity index (χ2v) is 7.21. The molecule has 7 nitrogen and oxygen atoms in total. The number of thioether (sulfide) groups is 1. The van der Waals surface area contributed by atoms with E-state index in [9.17, 15) is 9.59 Å². The highest BCUT2D eigenvalue weighted by Crippen LogP contribution is 2.39. The molecule has 26 heavy (non-hydrogen) atoms. The van der Waals surface area contributed by atoms with Crippen LogP contribution in [-0.4, -0.2) is 53.2 Å². The summed E-state index contributed by atoms with van der Waals surface area (Å²) < 4.78 is 0. The number of fused-ring (bicyclic) bond motifs is 1. The van der Waals surface area contributed by atoms with E-state index in [0.717, 1.165) is 22.5 Å². The molecule has 2 aliphatic rings. The van der Waals surface area contributed by atoms with E-state index in [1.54, 1.807) is 29.2 Å². The van der Waals surface area contributed by atoms with Crippen molar-refractivity contribution in [3.05, 3.63) is 41.7 Å². The number of carbonyl (C=O) groups excluding carboxylic acids is 2. The van der Waals surface area contributed by atoms with Crippen LogP contribution < -0.4 is 10.2 Å². The number of likely N-dealkylation sites (N-methyl/N-ethyl adjacent to an activating group) is 1. The molecule has 1 saturated heterocycles. The summed E-state index contributed by atoms with van der Waals surface area (Å²) in [6, 6.07) is 5.79. The fourth-order valence-corrected chi connectivity index (χ4v) is 3.73. The lowest BCUT2D eigenvalue weighted by Crippen LogP contribution is -2.30. The van der Waals surface area contributed by atoms with Crippen molar-refractivity contribution >= 4 is 35.1 Å². The Morgan fingerprint density at radius 3 is 2.62 bits per heavy atom. The molecule has 1 aromatic carbocycles. The minimum Gasteiger partial charge on any atom is -0.326 e. The number of aromatic nitrogens is 2. The Bertz CT molecular complexity index is 870. The minimum absolute atomic E-state index is 0.0234. The van der Waals surface area contributed by atoms with Gasteiger partial charge in [0.15, 0.2) is 5.16 Å². The number of nitrogens with zero attached hydrogens (tertiary/aromatic N) is 4. The normalized spacial score (nSPS) is 19.5. The summed E-state index contributed by atoms with van der Waals surface area (Å²) in [6.07, 6.45) is 5.87. The molecular weight excluding hydrogens is 350 g/mol. The zero-order valence-corrected chi connectivity index (χ0v) is 15.4. The van der Waals surface area contributed by atoms with Crippen LogP contribution in [0.25, 0.3) is 0 Å². The molecule has 0 radical (unpaired) electrons. The van der Waals surface area contributed by atoms with E-state index in [1.807, 2.05) is 24.5 Å². The molecule has 2 aliphatic heterocycles. The van der Waals surface area contributed by atoms with Crippen molar-refractivity contribution in [3.8, 4) is 0 Å². The first-order valence-corrected chi connectivity index (χ1v) is 9.61. The maximum Gasteiger partial charge on any atom is 0.324 e. The summed E-state index contributed by atoms with van der Waals surface area (Å²) >= 11 is 1.48. The van der Waals surface area contributed by atoms with Gasteiger partial charge in [0.05, 0.1) is 0 Å². The van der Waals surface area contributed by atoms with Gasteiger partial charge in [0.1, 0.15) is 0 Å². The van der Waals surface area contributed by atoms with E-state index < -0.39 is 0 Å². The Morgan fingerprint density at radius 1 is 1.19 bits per heavy atom. The highest BCUT2D eigenvalue weighted by atomic mass is 32.2. The summed E-state index contributed by atoms with van der Waals surface area (Å²) in [4.78, 5) is 36.5. The van der Waals surface area contributed by atoms with Crippen LogP contribution in [0.2, 0.25) is 0 Å². The molecule has 1 N–H and O–H groups in total. The molecule has 1 atom stereocenters. The number of nitrogens with one attached hydrogen (secondary N) is 1. The summed E-state index contributed by atoms with van der Waals surface area (Å²) in [5, 5.41) is 3.65. The van der Waals surface area contributed by atoms with Gasteiger partial charge in [-0.05, 0) is 29.5 Å². The lowest BCUT2D eigenvalue weighted by atomic mass is 9.86. The molecule has 3 amide bonds. The molecule has 0 aliphatic carbocycles. The standard InChI is InChI=1S/C18H19N5O2S/c1-22-5-6-23(18(22)25)12-3-4-13-14(8-16(24)21-15(13)7-12)11-9-19-17(26-2)20-10-11/h3-4,7,9-10,14H,5-6,8H2,1-2H3,(H,21,24). The van der Waals surface area contributed by atoms with E-state index in [2.05, 4.69) is 15.3 Å². The Morgan fingerprint density at radius 2 is 1.96 bits per heavy atom. The number of amides is 3. The average Bonchev–Trinajstić information content (AvgIpc) is 2.99. The van der Waals surface area contributed by atoms with Crippen molar-refractivity contribution in [1.82, 2.24) is 14.9 Å². The van der Waals surface area contributed by atoms with Gasteiger partial charge in [-0.15, -0.1) is 0 Å². The van der Waals surface area contributed by atoms with Crippen LogP contribution in [-0.2, 0) is 4.79 Å². The Kier molecular flexibility index (Phi) is 4.28. The molecule has 4 rings (SSSR count). The van der Waals surface area contributed by atoms with Crippen LogP contribution in [0.3, 0.4) is 0 Å². The second kappa shape index (κ2) is 6.60. The zero-order valence-electron chi connectivity index (χ0n) is 14.6. The number of urea groups is 1. The molecule has 0 spiro atoms. The molecule has 1 fully saturated rings. The molecule has 3 heterocycles. The van der Waals surface area contributed by atoms with Gasteiger partial charge in [0, 0.05) is 56.2 Å². The molecule has 2 aromatic rings. The topological polar surface area (TPSA) is 78.4 Å². The number of anilines is 2. The SMILES string of the molecule is CSc1ncc(C2CC(=O)Nc3cc(N4CCN(C)C4=O)ccc32)cn1. The van der Waals surface area contributed by atoms with E-state index in [0.29, 0.717) is 24.7 Å². The Balaban J connectivity index is 1.69. The Labute approximate surface area is 155 Å². The second-order valence-electron chi connectivity index (χ2n) is 6.44. The van der Waals surface area contributed by atoms with Gasteiger partial charge in [-0.3, -0.25) is 9.69 Å². The van der Waals surface area contributed by atoms with Crippen LogP contribution >= 0.6 is 11.8 Å². The molecule has 8 heteroatoms. The first-order chi connectivity index (χ1) is 12.6. The van der Waals surface area contributed by atoms with Crippen molar-refractivity contribution < 1.29 is 9.59 Å². The van der Waals surface area contributed by atoms with E-state index in [1.165, 1.54) is 11.8 Å². The lowest BCUT2D eigenvalue weighted by molar-refractivity contribution is -0.116. The van der Waals surface area contributed by atoms with Gasteiger partial charge in [0.25, 0.3) is 0 Å². The third-order valence-corrected chi connectivity index (χ3v) is 5.41. The number of carbonyl (C=O) groups is 2. The largest absolute Gasteiger partial charge is 0.326 e. The van der Waals surface area contributed by atoms with Crippen LogP contribution in [0, 0.1) is 0 Å². The molecule has 0 bridgehead atoms. The minimum atomic E-state index is -0.0827. The first-order valence-electron chi connectivity index (χ1n) is 8.39. The quantitative estimate of drug-likeness (QED) is 0.664. The van der Waals surface area contributed by atoms with Crippen molar-refractivity contribution in [2.75, 3.05) is 36.6 Å². The number of rotatable bonds is 3. The lowest BCUT2D eigenvalue weighted by Gasteiger charge is -2.27. The summed E-state index contributed by atoms with van der Waals surface area (Å²) in [5.41, 5.74) is 3.49. The smallest absolute Gasteiger partial charge is 0.324 e. The predicted octanol–water partition coefficient (Wildman–Crippen LogP) is 2.54. The molecule has 0 saturated carbocycles. The fraction of sp³-hybridized carbons (Fsp3) is 0.333. The van der Waals surface area contributed by atoms with E-state index in [-0.39, 0.29) is 17.9 Å². The van der Waals surface area contributed by atoms with Gasteiger partial charge in [-0.2, -0.15) is 0 Å². The maximum atomic E-state index is 12.2. The van der Waals surface area contributed by atoms with Crippen LogP contribution in [0.1, 0.15) is 23.5 Å². The number of hydrogen-bond acceptors (Lipinski definition) is 5. The summed E-state index contributed by atoms with van der Waals surface area (Å²) in [7, 11) is 1.79. The predicted molar refractivity (Wildman–Crippen MR) is 101 cm³/mol. The van der Waals surface area contributed by atoms with Crippen LogP contribution in [0.4, 0.5) is 16.2 Å². The number of hydrogen-bond donors (Lipinski definition) is 1. The van der Waals surface area contributed by atoms with Crippen LogP contribution in [0.15, 0.2) is 35.7 Å². The number of benzene rings is 1. The van der Waals surface area contributed by atoms with E-state index in [4.69, 9.17) is 0 Å². The third kappa shape index (κ3) is 2.90. The zero-order chi connectivity index (χ0) is 18.3. The first kappa shape index (κ1) is 16.8. The third-order valence-electron chi connectivity index (χ3n) is 4.84. The highest BCUT2D eigenvalue weighted by Gasteiger charge is 2.30. The maximum absolute atomic E-state index is 12.2. The Hall–Kier alpha value is -2.61. The van der Waals surface area contributed by atoms with Gasteiger partial charge in [-0.25, -0.2) is 14.8 Å². The fourth-order valence-electron chi connectivity index (χ4n) is 3.42. The summed E-state index contributed by atoms with van der Waals surface area (Å²) in [5.74, 6) is -0.126. The molecule has 1 aromatic heterocycles. The van der Waals surface area contributed by atoms with E-state index >= 15 is 0 Å². The monoisotopic (exact) mass is 369 g/mol. The average molecular weight is 369 g/mol.